The molecule has 22 heavy (non-hydrogen) atoms. The van der Waals surface area contributed by atoms with E-state index in [1.165, 1.54) is 17.6 Å². The Balaban J connectivity index is 1.97. The molecule has 0 aliphatic rings. The van der Waals surface area contributed by atoms with E-state index in [0.717, 1.165) is 16.9 Å². The largest absolute Gasteiger partial charge is 0.363 e. The van der Waals surface area contributed by atoms with Gasteiger partial charge >= 0.3 is 0 Å². The summed E-state index contributed by atoms with van der Waals surface area (Å²) in [5.41, 5.74) is 2.11. The lowest BCUT2D eigenvalue weighted by Crippen LogP contribution is -2.06. The molecule has 0 spiro atoms. The first-order chi connectivity index (χ1) is 10.6. The Bertz CT molecular complexity index is 551. The van der Waals surface area contributed by atoms with Crippen molar-refractivity contribution in [3.05, 3.63) is 65.7 Å². The van der Waals surface area contributed by atoms with Crippen molar-refractivity contribution in [2.24, 2.45) is 5.92 Å². The molecule has 0 fully saturated rings. The van der Waals surface area contributed by atoms with Gasteiger partial charge in [0.05, 0.1) is 0 Å². The number of benzene rings is 2. The van der Waals surface area contributed by atoms with Crippen molar-refractivity contribution >= 4 is 12.0 Å². The van der Waals surface area contributed by atoms with Crippen LogP contribution >= 0.6 is 12.0 Å². The van der Waals surface area contributed by atoms with Crippen molar-refractivity contribution in [3.8, 4) is 0 Å². The molecule has 0 aliphatic carbocycles. The molecular weight excluding hydrogens is 292 g/mol. The molecule has 2 aromatic rings. The molecule has 0 aromatic heterocycles. The summed E-state index contributed by atoms with van der Waals surface area (Å²) in [6.45, 7) is 6.71. The first kappa shape index (κ1) is 17.1. The molecule has 0 radical (unpaired) electrons. The minimum atomic E-state index is -0.918. The molecule has 2 rings (SSSR count). The lowest BCUT2D eigenvalue weighted by Gasteiger charge is -2.20. The average molecular weight is 316 g/mol. The molecule has 2 nitrogen and oxygen atoms in total. The van der Waals surface area contributed by atoms with Crippen LogP contribution in [-0.4, -0.2) is 5.11 Å². The van der Waals surface area contributed by atoms with Crippen molar-refractivity contribution < 1.29 is 9.29 Å². The van der Waals surface area contributed by atoms with E-state index in [2.05, 4.69) is 32.9 Å². The first-order valence-electron chi connectivity index (χ1n) is 7.78. The maximum absolute atomic E-state index is 10.1. The third-order valence-corrected chi connectivity index (χ3v) is 4.62. The van der Waals surface area contributed by atoms with Gasteiger partial charge in [0.1, 0.15) is 0 Å². The summed E-state index contributed by atoms with van der Waals surface area (Å²) in [4.78, 5) is 0.976. The maximum Gasteiger partial charge on any atom is 0.194 e. The van der Waals surface area contributed by atoms with E-state index in [1.807, 2.05) is 42.5 Å². The van der Waals surface area contributed by atoms with Gasteiger partial charge in [-0.2, -0.15) is 0 Å². The van der Waals surface area contributed by atoms with E-state index >= 15 is 0 Å². The van der Waals surface area contributed by atoms with Gasteiger partial charge in [-0.15, -0.1) is 0 Å². The highest BCUT2D eigenvalue weighted by atomic mass is 32.2. The van der Waals surface area contributed by atoms with Gasteiger partial charge in [-0.25, -0.2) is 0 Å². The van der Waals surface area contributed by atoms with E-state index in [-0.39, 0.29) is 0 Å². The summed E-state index contributed by atoms with van der Waals surface area (Å²) in [6, 6.07) is 17.9. The van der Waals surface area contributed by atoms with Crippen LogP contribution in [0.15, 0.2) is 59.5 Å². The smallest absolute Gasteiger partial charge is 0.194 e. The molecule has 3 heteroatoms. The molecule has 0 aliphatic heterocycles. The Labute approximate surface area is 137 Å². The topological polar surface area (TPSA) is 29.5 Å². The second-order valence-corrected chi connectivity index (χ2v) is 6.60. The van der Waals surface area contributed by atoms with E-state index in [9.17, 15) is 5.11 Å². The molecule has 0 saturated heterocycles. The van der Waals surface area contributed by atoms with Gasteiger partial charge in [0, 0.05) is 22.5 Å². The summed E-state index contributed by atoms with van der Waals surface area (Å²) in [5.74, 6) is 1.18. The maximum atomic E-state index is 10.1. The van der Waals surface area contributed by atoms with Crippen LogP contribution in [-0.2, 0) is 4.18 Å². The number of hydrogen-bond donors (Lipinski definition) is 1. The quantitative estimate of drug-likeness (QED) is 0.536. The second kappa shape index (κ2) is 8.37. The highest BCUT2D eigenvalue weighted by Gasteiger charge is 2.15. The Morgan fingerprint density at radius 3 is 2.09 bits per heavy atom. The molecule has 2 aromatic carbocycles. The summed E-state index contributed by atoms with van der Waals surface area (Å²) < 4.78 is 5.46. The third-order valence-electron chi connectivity index (χ3n) is 3.87. The van der Waals surface area contributed by atoms with Gasteiger partial charge in [-0.3, -0.25) is 4.18 Å². The second-order valence-electron chi connectivity index (χ2n) is 5.77. The highest BCUT2D eigenvalue weighted by molar-refractivity contribution is 7.94. The van der Waals surface area contributed by atoms with Gasteiger partial charge in [0.15, 0.2) is 6.29 Å². The van der Waals surface area contributed by atoms with E-state index in [4.69, 9.17) is 4.18 Å². The summed E-state index contributed by atoms with van der Waals surface area (Å²) in [6.07, 6.45) is 0.207. The molecule has 0 heterocycles. The number of hydrogen-bond acceptors (Lipinski definition) is 3. The van der Waals surface area contributed by atoms with Crippen LogP contribution in [0.5, 0.6) is 0 Å². The average Bonchev–Trinajstić information content (AvgIpc) is 2.54. The predicted octanol–water partition coefficient (Wildman–Crippen LogP) is 5.55. The lowest BCUT2D eigenvalue weighted by molar-refractivity contribution is -0.00290. The Hall–Kier alpha value is -1.29. The molecule has 0 amide bonds. The minimum absolute atomic E-state index is 0.561. The lowest BCUT2D eigenvalue weighted by atomic mass is 9.86. The molecule has 0 saturated carbocycles. The Morgan fingerprint density at radius 1 is 0.955 bits per heavy atom. The van der Waals surface area contributed by atoms with Gasteiger partial charge in [0.2, 0.25) is 0 Å². The minimum Gasteiger partial charge on any atom is -0.363 e. The monoisotopic (exact) mass is 316 g/mol. The van der Waals surface area contributed by atoms with E-state index < -0.39 is 6.29 Å². The van der Waals surface area contributed by atoms with Crippen molar-refractivity contribution in [2.75, 3.05) is 0 Å². The molecule has 118 valence electrons. The molecule has 2 atom stereocenters. The van der Waals surface area contributed by atoms with Crippen LogP contribution in [0.1, 0.15) is 50.5 Å². The summed E-state index contributed by atoms with van der Waals surface area (Å²) in [7, 11) is 0. The predicted molar refractivity (Wildman–Crippen MR) is 92.7 cm³/mol. The zero-order valence-electron chi connectivity index (χ0n) is 13.4. The molecular formula is C19H24O2S. The van der Waals surface area contributed by atoms with Gasteiger partial charge in [-0.1, -0.05) is 63.2 Å². The standard InChI is InChI=1S/C19H24O2S/c1-4-18(14(2)3)15-10-12-16(13-11-15)19(20)21-22-17-8-6-5-7-9-17/h5-14,18-20H,4H2,1-3H3. The van der Waals surface area contributed by atoms with Crippen molar-refractivity contribution in [1.82, 2.24) is 0 Å². The van der Waals surface area contributed by atoms with E-state index in [0.29, 0.717) is 11.8 Å². The zero-order chi connectivity index (χ0) is 15.9. The van der Waals surface area contributed by atoms with Crippen LogP contribution in [0.3, 0.4) is 0 Å². The Kier molecular flexibility index (Phi) is 6.49. The molecule has 2 unspecified atom stereocenters. The number of aliphatic hydroxyl groups excluding tert-OH is 1. The number of rotatable bonds is 7. The van der Waals surface area contributed by atoms with E-state index in [1.54, 1.807) is 0 Å². The first-order valence-corrected chi connectivity index (χ1v) is 8.52. The fourth-order valence-electron chi connectivity index (χ4n) is 2.63. The van der Waals surface area contributed by atoms with Crippen LogP contribution in [0.4, 0.5) is 0 Å². The van der Waals surface area contributed by atoms with Gasteiger partial charge in [0.25, 0.3) is 0 Å². The van der Waals surface area contributed by atoms with Crippen LogP contribution in [0.2, 0.25) is 0 Å². The highest BCUT2D eigenvalue weighted by Crippen LogP contribution is 2.30. The van der Waals surface area contributed by atoms with Gasteiger partial charge < -0.3 is 5.11 Å². The van der Waals surface area contributed by atoms with Crippen LogP contribution < -0.4 is 0 Å². The summed E-state index contributed by atoms with van der Waals surface area (Å²) >= 11 is 1.19. The van der Waals surface area contributed by atoms with Crippen LogP contribution in [0.25, 0.3) is 0 Å². The fraction of sp³-hybridized carbons (Fsp3) is 0.368. The SMILES string of the molecule is CCC(c1ccc(C(O)OSc2ccccc2)cc1)C(C)C. The number of aliphatic hydroxyl groups is 1. The third kappa shape index (κ3) is 4.60. The van der Waals surface area contributed by atoms with Crippen molar-refractivity contribution in [1.29, 1.82) is 0 Å². The Morgan fingerprint density at radius 2 is 1.55 bits per heavy atom. The van der Waals surface area contributed by atoms with Gasteiger partial charge in [-0.05, 0) is 36.0 Å². The molecule has 0 bridgehead atoms. The zero-order valence-corrected chi connectivity index (χ0v) is 14.2. The normalized spacial score (nSPS) is 14.0. The van der Waals surface area contributed by atoms with Crippen LogP contribution in [0, 0.1) is 5.92 Å². The summed E-state index contributed by atoms with van der Waals surface area (Å²) in [5, 5.41) is 10.1. The van der Waals surface area contributed by atoms with Crippen molar-refractivity contribution in [3.63, 3.8) is 0 Å². The molecule has 1 N–H and O–H groups in total. The fourth-order valence-corrected chi connectivity index (χ4v) is 3.21. The van der Waals surface area contributed by atoms with Crippen molar-refractivity contribution in [2.45, 2.75) is 44.3 Å².